The molecular weight excluding hydrogens is 394 g/mol. The number of amides is 2. The zero-order valence-corrected chi connectivity index (χ0v) is 17.9. The van der Waals surface area contributed by atoms with Crippen molar-refractivity contribution in [2.45, 2.75) is 12.6 Å². The number of benzene rings is 2. The van der Waals surface area contributed by atoms with Gasteiger partial charge in [-0.05, 0) is 11.1 Å². The molecule has 156 valence electrons. The van der Waals surface area contributed by atoms with Gasteiger partial charge in [0.05, 0.1) is 11.7 Å². The zero-order chi connectivity index (χ0) is 20.8. The molecule has 0 bridgehead atoms. The number of urea groups is 1. The number of hydrogen-bond acceptors (Lipinski definition) is 5. The predicted octanol–water partition coefficient (Wildman–Crippen LogP) is 3.80. The van der Waals surface area contributed by atoms with Crippen molar-refractivity contribution < 1.29 is 4.79 Å². The topological polar surface area (TPSA) is 60.5 Å². The second kappa shape index (κ2) is 9.84. The lowest BCUT2D eigenvalue weighted by molar-refractivity contribution is 0.104. The molecular formula is C23H27N5OS. The van der Waals surface area contributed by atoms with Gasteiger partial charge >= 0.3 is 6.03 Å². The summed E-state index contributed by atoms with van der Waals surface area (Å²) < 4.78 is 0. The first-order chi connectivity index (χ1) is 14.7. The van der Waals surface area contributed by atoms with Crippen LogP contribution in [0.25, 0.3) is 0 Å². The van der Waals surface area contributed by atoms with E-state index in [0.29, 0.717) is 5.13 Å². The fourth-order valence-corrected chi connectivity index (χ4v) is 4.59. The molecule has 1 fully saturated rings. The molecule has 1 aromatic heterocycles. The number of rotatable bonds is 6. The molecule has 7 heteroatoms. The van der Waals surface area contributed by atoms with E-state index in [0.717, 1.165) is 38.4 Å². The van der Waals surface area contributed by atoms with Gasteiger partial charge in [-0.15, -0.1) is 11.3 Å². The fraction of sp³-hybridized carbons (Fsp3) is 0.304. The number of carbonyl (C=O) groups is 1. The quantitative estimate of drug-likeness (QED) is 0.636. The zero-order valence-electron chi connectivity index (χ0n) is 17.1. The van der Waals surface area contributed by atoms with Crippen LogP contribution in [0.3, 0.4) is 0 Å². The van der Waals surface area contributed by atoms with Crippen LogP contribution >= 0.6 is 11.3 Å². The minimum atomic E-state index is -0.239. The third kappa shape index (κ3) is 5.05. The molecule has 1 aliphatic heterocycles. The second-order valence-corrected chi connectivity index (χ2v) is 8.24. The van der Waals surface area contributed by atoms with E-state index in [1.807, 2.05) is 5.38 Å². The van der Waals surface area contributed by atoms with Crippen molar-refractivity contribution in [3.63, 3.8) is 0 Å². The van der Waals surface area contributed by atoms with Crippen molar-refractivity contribution >= 4 is 22.5 Å². The molecule has 3 aromatic rings. The molecule has 1 aliphatic rings. The Morgan fingerprint density at radius 2 is 1.60 bits per heavy atom. The van der Waals surface area contributed by atoms with Gasteiger partial charge in [0.1, 0.15) is 0 Å². The molecule has 2 amide bonds. The van der Waals surface area contributed by atoms with Crippen molar-refractivity contribution in [3.05, 3.63) is 82.9 Å². The Hall–Kier alpha value is -2.74. The van der Waals surface area contributed by atoms with Crippen LogP contribution in [0.5, 0.6) is 0 Å². The molecule has 2 aromatic carbocycles. The van der Waals surface area contributed by atoms with Crippen LogP contribution in [0, 0.1) is 0 Å². The van der Waals surface area contributed by atoms with E-state index in [4.69, 9.17) is 0 Å². The average Bonchev–Trinajstić information content (AvgIpc) is 3.23. The third-order valence-corrected chi connectivity index (χ3v) is 6.19. The number of piperazine rings is 1. The van der Waals surface area contributed by atoms with Gasteiger partial charge in [-0.25, -0.2) is 9.78 Å². The largest absolute Gasteiger partial charge is 0.341 e. The molecule has 0 radical (unpaired) electrons. The predicted molar refractivity (Wildman–Crippen MR) is 122 cm³/mol. The van der Waals surface area contributed by atoms with Crippen LogP contribution in [-0.2, 0) is 6.54 Å². The maximum atomic E-state index is 11.4. The normalized spacial score (nSPS) is 15.3. The Balaban J connectivity index is 1.39. The van der Waals surface area contributed by atoms with Gasteiger partial charge in [0, 0.05) is 45.2 Å². The van der Waals surface area contributed by atoms with E-state index in [1.165, 1.54) is 22.5 Å². The summed E-state index contributed by atoms with van der Waals surface area (Å²) in [6.07, 6.45) is 0. The van der Waals surface area contributed by atoms with Crippen molar-refractivity contribution in [1.82, 2.24) is 20.1 Å². The van der Waals surface area contributed by atoms with Crippen molar-refractivity contribution in [1.29, 1.82) is 0 Å². The van der Waals surface area contributed by atoms with Crippen molar-refractivity contribution in [3.8, 4) is 0 Å². The minimum Gasteiger partial charge on any atom is -0.341 e. The van der Waals surface area contributed by atoms with E-state index >= 15 is 0 Å². The first kappa shape index (κ1) is 20.5. The summed E-state index contributed by atoms with van der Waals surface area (Å²) in [6.45, 7) is 4.79. The number of aromatic nitrogens is 1. The standard InChI is InChI=1S/C23H27N5OS/c1-24-22(29)26-23-25-20(17-30-23)16-27-12-14-28(15-13-27)21(18-8-4-2-5-9-18)19-10-6-3-7-11-19/h2-11,17,21H,12-16H2,1H3,(H2,24,25,26,29). The Morgan fingerprint density at radius 3 is 2.17 bits per heavy atom. The molecule has 0 spiro atoms. The Bertz CT molecular complexity index is 899. The molecule has 0 aliphatic carbocycles. The molecule has 1 saturated heterocycles. The van der Waals surface area contributed by atoms with Crippen LogP contribution in [0.2, 0.25) is 0 Å². The van der Waals surface area contributed by atoms with Crippen molar-refractivity contribution in [2.24, 2.45) is 0 Å². The van der Waals surface area contributed by atoms with Gasteiger partial charge in [0.25, 0.3) is 0 Å². The summed E-state index contributed by atoms with van der Waals surface area (Å²) in [7, 11) is 1.60. The second-order valence-electron chi connectivity index (χ2n) is 7.38. The van der Waals surface area contributed by atoms with Crippen LogP contribution in [0.1, 0.15) is 22.9 Å². The molecule has 2 heterocycles. The highest BCUT2D eigenvalue weighted by atomic mass is 32.1. The van der Waals surface area contributed by atoms with Gasteiger partial charge in [0.2, 0.25) is 0 Å². The first-order valence-electron chi connectivity index (χ1n) is 10.2. The molecule has 0 atom stereocenters. The van der Waals surface area contributed by atoms with Gasteiger partial charge in [0.15, 0.2) is 5.13 Å². The maximum absolute atomic E-state index is 11.4. The molecule has 2 N–H and O–H groups in total. The van der Waals surface area contributed by atoms with Crippen molar-refractivity contribution in [2.75, 3.05) is 38.5 Å². The highest BCUT2D eigenvalue weighted by molar-refractivity contribution is 7.13. The lowest BCUT2D eigenvalue weighted by atomic mass is 9.96. The Morgan fingerprint density at radius 1 is 1.00 bits per heavy atom. The number of anilines is 1. The van der Waals surface area contributed by atoms with E-state index < -0.39 is 0 Å². The van der Waals surface area contributed by atoms with E-state index in [2.05, 4.69) is 86.1 Å². The molecule has 30 heavy (non-hydrogen) atoms. The summed E-state index contributed by atoms with van der Waals surface area (Å²) in [5.41, 5.74) is 3.67. The number of carbonyl (C=O) groups excluding carboxylic acids is 1. The highest BCUT2D eigenvalue weighted by Crippen LogP contribution is 2.29. The number of hydrogen-bond donors (Lipinski definition) is 2. The molecule has 4 rings (SSSR count). The Kier molecular flexibility index (Phi) is 6.74. The van der Waals surface area contributed by atoms with Gasteiger partial charge in [-0.3, -0.25) is 15.1 Å². The smallest absolute Gasteiger partial charge is 0.320 e. The van der Waals surface area contributed by atoms with Crippen LogP contribution < -0.4 is 10.6 Å². The summed E-state index contributed by atoms with van der Waals surface area (Å²) >= 11 is 1.46. The lowest BCUT2D eigenvalue weighted by Crippen LogP contribution is -2.47. The summed E-state index contributed by atoms with van der Waals surface area (Å²) in [5, 5.41) is 7.94. The molecule has 0 saturated carbocycles. The number of nitrogens with one attached hydrogen (secondary N) is 2. The monoisotopic (exact) mass is 421 g/mol. The summed E-state index contributed by atoms with van der Waals surface area (Å²) in [6, 6.07) is 21.6. The van der Waals surface area contributed by atoms with Crippen LogP contribution in [-0.4, -0.2) is 54.0 Å². The molecule has 0 unspecified atom stereocenters. The van der Waals surface area contributed by atoms with E-state index in [9.17, 15) is 4.79 Å². The summed E-state index contributed by atoms with van der Waals surface area (Å²) in [4.78, 5) is 21.0. The van der Waals surface area contributed by atoms with E-state index in [1.54, 1.807) is 7.05 Å². The SMILES string of the molecule is CNC(=O)Nc1nc(CN2CCN(C(c3ccccc3)c3ccccc3)CC2)cs1. The van der Waals surface area contributed by atoms with Gasteiger partial charge in [-0.1, -0.05) is 60.7 Å². The fourth-order valence-electron chi connectivity index (χ4n) is 3.89. The average molecular weight is 422 g/mol. The van der Waals surface area contributed by atoms with Crippen LogP contribution in [0.4, 0.5) is 9.93 Å². The Labute approximate surface area is 181 Å². The minimum absolute atomic E-state index is 0.239. The third-order valence-electron chi connectivity index (χ3n) is 5.39. The maximum Gasteiger partial charge on any atom is 0.320 e. The van der Waals surface area contributed by atoms with E-state index in [-0.39, 0.29) is 12.1 Å². The van der Waals surface area contributed by atoms with Gasteiger partial charge < -0.3 is 5.32 Å². The summed E-state index contributed by atoms with van der Waals surface area (Å²) in [5.74, 6) is 0. The van der Waals surface area contributed by atoms with Crippen LogP contribution in [0.15, 0.2) is 66.0 Å². The molecule has 6 nitrogen and oxygen atoms in total. The highest BCUT2D eigenvalue weighted by Gasteiger charge is 2.26. The lowest BCUT2D eigenvalue weighted by Gasteiger charge is -2.39. The van der Waals surface area contributed by atoms with Gasteiger partial charge in [-0.2, -0.15) is 0 Å². The number of thiazole rings is 1. The number of nitrogens with zero attached hydrogens (tertiary/aromatic N) is 3. The first-order valence-corrected chi connectivity index (χ1v) is 11.1.